The van der Waals surface area contributed by atoms with E-state index >= 15 is 0 Å². The molecule has 1 unspecified atom stereocenters. The van der Waals surface area contributed by atoms with Gasteiger partial charge < -0.3 is 10.1 Å². The van der Waals surface area contributed by atoms with Gasteiger partial charge in [0, 0.05) is 5.69 Å². The van der Waals surface area contributed by atoms with Gasteiger partial charge in [-0.15, -0.1) is 0 Å². The van der Waals surface area contributed by atoms with Gasteiger partial charge in [-0.1, -0.05) is 23.8 Å². The molecule has 0 amide bonds. The van der Waals surface area contributed by atoms with E-state index in [1.807, 2.05) is 24.3 Å². The van der Waals surface area contributed by atoms with Gasteiger partial charge in [-0.25, -0.2) is 0 Å². The van der Waals surface area contributed by atoms with Crippen molar-refractivity contribution in [3.05, 3.63) is 59.2 Å². The summed E-state index contributed by atoms with van der Waals surface area (Å²) in [5, 5.41) is 13.2. The van der Waals surface area contributed by atoms with Crippen molar-refractivity contribution in [3.63, 3.8) is 0 Å². The maximum absolute atomic E-state index is 9.78. The van der Waals surface area contributed by atoms with E-state index in [1.54, 1.807) is 7.11 Å². The Bertz CT molecular complexity index is 700. The molecule has 3 heteroatoms. The Hall–Kier alpha value is -2.47. The van der Waals surface area contributed by atoms with Gasteiger partial charge in [0.15, 0.2) is 5.54 Å². The van der Waals surface area contributed by atoms with Gasteiger partial charge in [0.2, 0.25) is 0 Å². The number of rotatable bonds is 3. The molecule has 0 aliphatic heterocycles. The predicted octanol–water partition coefficient (Wildman–Crippen LogP) is 3.78. The van der Waals surface area contributed by atoms with Crippen molar-refractivity contribution >= 4 is 5.69 Å². The highest BCUT2D eigenvalue weighted by molar-refractivity contribution is 5.56. The topological polar surface area (TPSA) is 45.0 Å². The van der Waals surface area contributed by atoms with Gasteiger partial charge in [-0.05, 0) is 55.2 Å². The van der Waals surface area contributed by atoms with Crippen LogP contribution in [0.2, 0.25) is 0 Å². The molecular formula is C18H18N2O. The van der Waals surface area contributed by atoms with Crippen LogP contribution in [-0.2, 0) is 12.0 Å². The van der Waals surface area contributed by atoms with E-state index in [2.05, 4.69) is 36.5 Å². The zero-order valence-corrected chi connectivity index (χ0v) is 12.3. The first kappa shape index (κ1) is 13.5. The monoisotopic (exact) mass is 278 g/mol. The van der Waals surface area contributed by atoms with E-state index in [4.69, 9.17) is 4.74 Å². The van der Waals surface area contributed by atoms with Crippen molar-refractivity contribution in [1.29, 1.82) is 5.26 Å². The highest BCUT2D eigenvalue weighted by atomic mass is 16.5. The Morgan fingerprint density at radius 2 is 1.95 bits per heavy atom. The van der Waals surface area contributed by atoms with E-state index in [0.717, 1.165) is 29.8 Å². The fraction of sp³-hybridized carbons (Fsp3) is 0.278. The number of hydrogen-bond acceptors (Lipinski definition) is 3. The maximum Gasteiger partial charge on any atom is 0.151 e. The average molecular weight is 278 g/mol. The maximum atomic E-state index is 9.78. The van der Waals surface area contributed by atoms with Gasteiger partial charge in [0.05, 0.1) is 13.2 Å². The third-order valence-electron chi connectivity index (χ3n) is 4.13. The minimum Gasteiger partial charge on any atom is -0.497 e. The minimum atomic E-state index is -0.629. The second-order valence-corrected chi connectivity index (χ2v) is 5.53. The Labute approximate surface area is 125 Å². The number of methoxy groups -OCH3 is 1. The number of ether oxygens (including phenoxy) is 1. The molecule has 1 aliphatic carbocycles. The number of nitriles is 1. The SMILES string of the molecule is COc1ccc(NC2(C#N)CCc3ccc(C)cc32)cc1. The third kappa shape index (κ3) is 2.34. The van der Waals surface area contributed by atoms with Gasteiger partial charge in [0.1, 0.15) is 5.75 Å². The molecular weight excluding hydrogens is 260 g/mol. The molecule has 0 saturated heterocycles. The number of nitrogens with one attached hydrogen (secondary N) is 1. The summed E-state index contributed by atoms with van der Waals surface area (Å²) in [6, 6.07) is 16.6. The molecule has 2 aromatic carbocycles. The summed E-state index contributed by atoms with van der Waals surface area (Å²) in [4.78, 5) is 0. The van der Waals surface area contributed by atoms with Crippen molar-refractivity contribution in [1.82, 2.24) is 0 Å². The molecule has 0 radical (unpaired) electrons. The van der Waals surface area contributed by atoms with Crippen LogP contribution in [0.3, 0.4) is 0 Å². The van der Waals surface area contributed by atoms with E-state index in [1.165, 1.54) is 11.1 Å². The predicted molar refractivity (Wildman–Crippen MR) is 83.4 cm³/mol. The van der Waals surface area contributed by atoms with Gasteiger partial charge in [-0.3, -0.25) is 0 Å². The van der Waals surface area contributed by atoms with Crippen LogP contribution >= 0.6 is 0 Å². The second kappa shape index (κ2) is 5.14. The Morgan fingerprint density at radius 1 is 1.19 bits per heavy atom. The molecule has 3 nitrogen and oxygen atoms in total. The number of anilines is 1. The first-order chi connectivity index (χ1) is 10.2. The van der Waals surface area contributed by atoms with E-state index in [9.17, 15) is 5.26 Å². The molecule has 1 atom stereocenters. The molecule has 3 rings (SSSR count). The molecule has 106 valence electrons. The zero-order chi connectivity index (χ0) is 14.9. The number of fused-ring (bicyclic) bond motifs is 1. The Balaban J connectivity index is 1.96. The Morgan fingerprint density at radius 3 is 2.62 bits per heavy atom. The highest BCUT2D eigenvalue weighted by Crippen LogP contribution is 2.39. The number of aryl methyl sites for hydroxylation is 2. The van der Waals surface area contributed by atoms with Crippen LogP contribution in [0.1, 0.15) is 23.1 Å². The first-order valence-corrected chi connectivity index (χ1v) is 7.10. The van der Waals surface area contributed by atoms with E-state index in [-0.39, 0.29) is 0 Å². The summed E-state index contributed by atoms with van der Waals surface area (Å²) in [6.45, 7) is 2.06. The zero-order valence-electron chi connectivity index (χ0n) is 12.3. The summed E-state index contributed by atoms with van der Waals surface area (Å²) < 4.78 is 5.17. The lowest BCUT2D eigenvalue weighted by Gasteiger charge is -2.25. The summed E-state index contributed by atoms with van der Waals surface area (Å²) in [7, 11) is 1.65. The van der Waals surface area contributed by atoms with Crippen LogP contribution in [-0.4, -0.2) is 7.11 Å². The molecule has 0 bridgehead atoms. The summed E-state index contributed by atoms with van der Waals surface area (Å²) in [5.41, 5.74) is 3.87. The van der Waals surface area contributed by atoms with Crippen molar-refractivity contribution in [2.24, 2.45) is 0 Å². The van der Waals surface area contributed by atoms with Gasteiger partial charge in [-0.2, -0.15) is 5.26 Å². The number of nitrogens with zero attached hydrogens (tertiary/aromatic N) is 1. The smallest absolute Gasteiger partial charge is 0.151 e. The molecule has 0 aromatic heterocycles. The van der Waals surface area contributed by atoms with Crippen LogP contribution in [0, 0.1) is 18.3 Å². The highest BCUT2D eigenvalue weighted by Gasteiger charge is 2.39. The fourth-order valence-electron chi connectivity index (χ4n) is 2.96. The minimum absolute atomic E-state index is 0.629. The lowest BCUT2D eigenvalue weighted by molar-refractivity contribution is 0.415. The molecule has 0 fully saturated rings. The fourth-order valence-corrected chi connectivity index (χ4v) is 2.96. The summed E-state index contributed by atoms with van der Waals surface area (Å²) in [6.07, 6.45) is 1.74. The number of benzene rings is 2. The van der Waals surface area contributed by atoms with Crippen LogP contribution in [0.25, 0.3) is 0 Å². The van der Waals surface area contributed by atoms with Crippen LogP contribution < -0.4 is 10.1 Å². The molecule has 1 aliphatic rings. The summed E-state index contributed by atoms with van der Waals surface area (Å²) in [5.74, 6) is 0.814. The van der Waals surface area contributed by atoms with Crippen LogP contribution in [0.5, 0.6) is 5.75 Å². The molecule has 0 heterocycles. The van der Waals surface area contributed by atoms with Crippen molar-refractivity contribution < 1.29 is 4.74 Å². The van der Waals surface area contributed by atoms with Crippen LogP contribution in [0.4, 0.5) is 5.69 Å². The molecule has 21 heavy (non-hydrogen) atoms. The van der Waals surface area contributed by atoms with E-state index < -0.39 is 5.54 Å². The third-order valence-corrected chi connectivity index (χ3v) is 4.13. The van der Waals surface area contributed by atoms with Crippen molar-refractivity contribution in [2.75, 3.05) is 12.4 Å². The molecule has 1 N–H and O–H groups in total. The van der Waals surface area contributed by atoms with Crippen molar-refractivity contribution in [2.45, 2.75) is 25.3 Å². The van der Waals surface area contributed by atoms with E-state index in [0.29, 0.717) is 0 Å². The average Bonchev–Trinajstić information content (AvgIpc) is 2.87. The normalized spacial score (nSPS) is 19.7. The molecule has 0 spiro atoms. The first-order valence-electron chi connectivity index (χ1n) is 7.10. The quantitative estimate of drug-likeness (QED) is 0.929. The lowest BCUT2D eigenvalue weighted by Crippen LogP contribution is -2.31. The van der Waals surface area contributed by atoms with Crippen LogP contribution in [0.15, 0.2) is 42.5 Å². The number of hydrogen-bond donors (Lipinski definition) is 1. The largest absolute Gasteiger partial charge is 0.497 e. The van der Waals surface area contributed by atoms with Crippen molar-refractivity contribution in [3.8, 4) is 11.8 Å². The van der Waals surface area contributed by atoms with Gasteiger partial charge in [0.25, 0.3) is 0 Å². The standard InChI is InChI=1S/C18H18N2O/c1-13-3-4-14-9-10-18(12-19,17(14)11-13)20-15-5-7-16(21-2)8-6-15/h3-8,11,20H,9-10H2,1-2H3. The second-order valence-electron chi connectivity index (χ2n) is 5.53. The lowest BCUT2D eigenvalue weighted by atomic mass is 9.92. The molecule has 0 saturated carbocycles. The summed E-state index contributed by atoms with van der Waals surface area (Å²) >= 11 is 0. The molecule has 2 aromatic rings. The Kier molecular flexibility index (Phi) is 3.31. The van der Waals surface area contributed by atoms with Gasteiger partial charge >= 0.3 is 0 Å².